The average Bonchev–Trinajstić information content (AvgIpc) is 2.66. The minimum absolute atomic E-state index is 0.0210. The molecule has 1 N–H and O–H groups in total. The number of carboxylic acids is 1. The summed E-state index contributed by atoms with van der Waals surface area (Å²) in [6, 6.07) is 6.38. The highest BCUT2D eigenvalue weighted by molar-refractivity contribution is 6.20. The van der Waals surface area contributed by atoms with Gasteiger partial charge in [-0.05, 0) is 30.3 Å². The monoisotopic (exact) mass is 348 g/mol. The first-order valence-electron chi connectivity index (χ1n) is 7.19. The van der Waals surface area contributed by atoms with Gasteiger partial charge in [-0.2, -0.15) is 0 Å². The first-order chi connectivity index (χ1) is 11.9. The number of anilines is 1. The SMILES string of the molecule is O=C(O)CN1C(=O)CN=C(c2c(F)cccc2F)c2cc(F)ccc21. The molecule has 1 aliphatic rings. The van der Waals surface area contributed by atoms with Gasteiger partial charge in [-0.25, -0.2) is 13.2 Å². The highest BCUT2D eigenvalue weighted by atomic mass is 19.1. The van der Waals surface area contributed by atoms with E-state index >= 15 is 0 Å². The molecule has 25 heavy (non-hydrogen) atoms. The van der Waals surface area contributed by atoms with Gasteiger partial charge in [-0.3, -0.25) is 19.5 Å². The van der Waals surface area contributed by atoms with Gasteiger partial charge in [0.25, 0.3) is 0 Å². The molecule has 0 aromatic heterocycles. The Morgan fingerprint density at radius 1 is 1.16 bits per heavy atom. The number of nitrogens with zero attached hydrogens (tertiary/aromatic N) is 2. The summed E-state index contributed by atoms with van der Waals surface area (Å²) in [4.78, 5) is 28.1. The molecule has 1 aliphatic heterocycles. The number of carboxylic acid groups (broad SMARTS) is 1. The van der Waals surface area contributed by atoms with E-state index in [-0.39, 0.29) is 17.0 Å². The number of aliphatic imine (C=N–C) groups is 1. The van der Waals surface area contributed by atoms with E-state index in [1.165, 1.54) is 12.1 Å². The predicted octanol–water partition coefficient (Wildman–Crippen LogP) is 2.37. The van der Waals surface area contributed by atoms with E-state index in [1.807, 2.05) is 0 Å². The normalized spacial score (nSPS) is 14.0. The molecule has 0 aliphatic carbocycles. The summed E-state index contributed by atoms with van der Waals surface area (Å²) < 4.78 is 42.1. The molecule has 0 atom stereocenters. The highest BCUT2D eigenvalue weighted by Gasteiger charge is 2.29. The summed E-state index contributed by atoms with van der Waals surface area (Å²) in [5.41, 5.74) is -0.783. The topological polar surface area (TPSA) is 70.0 Å². The van der Waals surface area contributed by atoms with Crippen LogP contribution in [0.15, 0.2) is 41.4 Å². The highest BCUT2D eigenvalue weighted by Crippen LogP contribution is 2.29. The first-order valence-corrected chi connectivity index (χ1v) is 7.19. The Kier molecular flexibility index (Phi) is 4.26. The van der Waals surface area contributed by atoms with E-state index in [2.05, 4.69) is 4.99 Å². The van der Waals surface area contributed by atoms with Crippen LogP contribution in [0.3, 0.4) is 0 Å². The first kappa shape index (κ1) is 16.7. The Bertz CT molecular complexity index is 892. The van der Waals surface area contributed by atoms with Gasteiger partial charge < -0.3 is 5.11 Å². The summed E-state index contributed by atoms with van der Waals surface area (Å²) in [5, 5.41) is 9.00. The number of aliphatic carboxylic acids is 1. The van der Waals surface area contributed by atoms with E-state index in [0.29, 0.717) is 0 Å². The van der Waals surface area contributed by atoms with Crippen molar-refractivity contribution in [1.82, 2.24) is 0 Å². The molecule has 8 heteroatoms. The third kappa shape index (κ3) is 3.10. The van der Waals surface area contributed by atoms with Crippen LogP contribution in [0.2, 0.25) is 0 Å². The van der Waals surface area contributed by atoms with Gasteiger partial charge in [0.1, 0.15) is 30.5 Å². The zero-order chi connectivity index (χ0) is 18.1. The maximum absolute atomic E-state index is 14.2. The number of carbonyl (C=O) groups excluding carboxylic acids is 1. The second-order valence-electron chi connectivity index (χ2n) is 5.30. The number of amides is 1. The van der Waals surface area contributed by atoms with Crippen molar-refractivity contribution in [3.8, 4) is 0 Å². The largest absolute Gasteiger partial charge is 0.480 e. The molecule has 1 heterocycles. The molecule has 0 unspecified atom stereocenters. The maximum Gasteiger partial charge on any atom is 0.323 e. The van der Waals surface area contributed by atoms with Crippen LogP contribution in [0.25, 0.3) is 0 Å². The van der Waals surface area contributed by atoms with Crippen LogP contribution in [-0.2, 0) is 9.59 Å². The number of fused-ring (bicyclic) bond motifs is 1. The molecule has 0 fully saturated rings. The summed E-state index contributed by atoms with van der Waals surface area (Å²) in [7, 11) is 0. The van der Waals surface area contributed by atoms with Crippen molar-refractivity contribution in [2.75, 3.05) is 18.0 Å². The van der Waals surface area contributed by atoms with Crippen molar-refractivity contribution >= 4 is 23.3 Å². The fourth-order valence-electron chi connectivity index (χ4n) is 2.63. The van der Waals surface area contributed by atoms with Gasteiger partial charge in [-0.1, -0.05) is 6.07 Å². The zero-order valence-electron chi connectivity index (χ0n) is 12.7. The van der Waals surface area contributed by atoms with E-state index in [0.717, 1.165) is 29.2 Å². The standard InChI is InChI=1S/C17H11F3N2O3/c18-9-4-5-13-10(6-9)17(16-11(19)2-1-3-12(16)20)21-7-14(23)22(13)8-15(24)25/h1-6H,7-8H2,(H,24,25). The summed E-state index contributed by atoms with van der Waals surface area (Å²) in [5.74, 6) is -4.53. The second kappa shape index (κ2) is 6.39. The lowest BCUT2D eigenvalue weighted by molar-refractivity contribution is -0.136. The second-order valence-corrected chi connectivity index (χ2v) is 5.30. The molecule has 0 saturated heterocycles. The summed E-state index contributed by atoms with van der Waals surface area (Å²) in [6.07, 6.45) is 0. The molecule has 2 aromatic rings. The van der Waals surface area contributed by atoms with Crippen LogP contribution in [0.4, 0.5) is 18.9 Å². The Labute approximate surface area is 140 Å². The quantitative estimate of drug-likeness (QED) is 0.926. The fraction of sp³-hybridized carbons (Fsp3) is 0.118. The van der Waals surface area contributed by atoms with Crippen molar-refractivity contribution in [3.05, 3.63) is 65.0 Å². The van der Waals surface area contributed by atoms with Gasteiger partial charge in [0.05, 0.1) is 17.0 Å². The van der Waals surface area contributed by atoms with Gasteiger partial charge in [0.15, 0.2) is 0 Å². The van der Waals surface area contributed by atoms with Crippen molar-refractivity contribution in [3.63, 3.8) is 0 Å². The van der Waals surface area contributed by atoms with Gasteiger partial charge in [-0.15, -0.1) is 0 Å². The lowest BCUT2D eigenvalue weighted by Gasteiger charge is -2.21. The van der Waals surface area contributed by atoms with Gasteiger partial charge >= 0.3 is 5.97 Å². The third-order valence-corrected chi connectivity index (χ3v) is 3.67. The van der Waals surface area contributed by atoms with Crippen molar-refractivity contribution in [1.29, 1.82) is 0 Å². The number of halogens is 3. The number of carbonyl (C=O) groups is 2. The van der Waals surface area contributed by atoms with Crippen LogP contribution in [0, 0.1) is 17.5 Å². The van der Waals surface area contributed by atoms with Crippen LogP contribution >= 0.6 is 0 Å². The number of hydrogen-bond donors (Lipinski definition) is 1. The Morgan fingerprint density at radius 3 is 2.48 bits per heavy atom. The minimum Gasteiger partial charge on any atom is -0.480 e. The van der Waals surface area contributed by atoms with E-state index < -0.39 is 48.0 Å². The van der Waals surface area contributed by atoms with E-state index in [9.17, 15) is 22.8 Å². The molecule has 0 spiro atoms. The van der Waals surface area contributed by atoms with Crippen LogP contribution in [0.1, 0.15) is 11.1 Å². The van der Waals surface area contributed by atoms with Crippen molar-refractivity contribution in [2.45, 2.75) is 0 Å². The molecule has 0 saturated carbocycles. The smallest absolute Gasteiger partial charge is 0.323 e. The molecule has 1 amide bonds. The third-order valence-electron chi connectivity index (χ3n) is 3.67. The summed E-state index contributed by atoms with van der Waals surface area (Å²) in [6.45, 7) is -1.20. The van der Waals surface area contributed by atoms with Gasteiger partial charge in [0.2, 0.25) is 5.91 Å². The molecular formula is C17H11F3N2O3. The van der Waals surface area contributed by atoms with Crippen LogP contribution in [0.5, 0.6) is 0 Å². The Morgan fingerprint density at radius 2 is 1.84 bits per heavy atom. The fourth-order valence-corrected chi connectivity index (χ4v) is 2.63. The lowest BCUT2D eigenvalue weighted by Crippen LogP contribution is -2.37. The van der Waals surface area contributed by atoms with Gasteiger partial charge in [0, 0.05) is 5.56 Å². The van der Waals surface area contributed by atoms with Crippen LogP contribution < -0.4 is 4.90 Å². The molecule has 128 valence electrons. The number of rotatable bonds is 3. The average molecular weight is 348 g/mol. The minimum atomic E-state index is -1.29. The molecule has 0 radical (unpaired) electrons. The maximum atomic E-state index is 14.2. The molecule has 2 aromatic carbocycles. The number of benzodiazepines with no additional fused rings is 1. The molecule has 3 rings (SSSR count). The van der Waals surface area contributed by atoms with Crippen molar-refractivity contribution < 1.29 is 27.9 Å². The van der Waals surface area contributed by atoms with Crippen molar-refractivity contribution in [2.24, 2.45) is 4.99 Å². The zero-order valence-corrected chi connectivity index (χ0v) is 12.7. The number of benzene rings is 2. The number of hydrogen-bond acceptors (Lipinski definition) is 3. The summed E-state index contributed by atoms with van der Waals surface area (Å²) >= 11 is 0. The van der Waals surface area contributed by atoms with E-state index in [1.54, 1.807) is 0 Å². The lowest BCUT2D eigenvalue weighted by atomic mass is 9.99. The predicted molar refractivity (Wildman–Crippen MR) is 83.3 cm³/mol. The molecule has 0 bridgehead atoms. The van der Waals surface area contributed by atoms with Crippen LogP contribution in [-0.4, -0.2) is 35.8 Å². The Hall–Kier alpha value is -3.16. The molecular weight excluding hydrogens is 337 g/mol. The molecule has 5 nitrogen and oxygen atoms in total. The van der Waals surface area contributed by atoms with E-state index in [4.69, 9.17) is 5.11 Å². The Balaban J connectivity index is 2.25.